The molecule has 0 aliphatic carbocycles. The molecule has 0 spiro atoms. The van der Waals surface area contributed by atoms with E-state index in [1.165, 1.54) is 5.56 Å². The number of hydrogen-bond donors (Lipinski definition) is 2. The molecule has 134 valence electrons. The second-order valence-corrected chi connectivity index (χ2v) is 5.80. The summed E-state index contributed by atoms with van der Waals surface area (Å²) in [6.45, 7) is 4.09. The van der Waals surface area contributed by atoms with Gasteiger partial charge in [-0.25, -0.2) is 0 Å². The van der Waals surface area contributed by atoms with Crippen LogP contribution in [0, 0.1) is 13.8 Å². The highest BCUT2D eigenvalue weighted by Crippen LogP contribution is 2.30. The van der Waals surface area contributed by atoms with E-state index in [0.29, 0.717) is 23.3 Å². The summed E-state index contributed by atoms with van der Waals surface area (Å²) in [4.78, 5) is 4.47. The van der Waals surface area contributed by atoms with Gasteiger partial charge in [-0.3, -0.25) is 0 Å². The summed E-state index contributed by atoms with van der Waals surface area (Å²) in [5.74, 6) is 2.30. The van der Waals surface area contributed by atoms with Crippen LogP contribution in [-0.4, -0.2) is 29.4 Å². The molecule has 0 atom stereocenters. The van der Waals surface area contributed by atoms with Gasteiger partial charge in [-0.2, -0.15) is 10.1 Å². The lowest BCUT2D eigenvalue weighted by molar-refractivity contribution is 0.395. The number of hydrogen-bond acceptors (Lipinski definition) is 7. The molecule has 3 rings (SSSR count). The van der Waals surface area contributed by atoms with E-state index in [9.17, 15) is 0 Å². The van der Waals surface area contributed by atoms with Crippen LogP contribution in [0.3, 0.4) is 0 Å². The van der Waals surface area contributed by atoms with E-state index >= 15 is 0 Å². The van der Waals surface area contributed by atoms with Crippen LogP contribution in [0.2, 0.25) is 0 Å². The Labute approximate surface area is 152 Å². The molecule has 0 unspecified atom stereocenters. The van der Waals surface area contributed by atoms with Gasteiger partial charge in [-0.1, -0.05) is 12.1 Å². The van der Waals surface area contributed by atoms with Crippen molar-refractivity contribution in [1.29, 1.82) is 0 Å². The molecule has 0 saturated carbocycles. The maximum Gasteiger partial charge on any atom is 0.249 e. The molecule has 7 nitrogen and oxygen atoms in total. The smallest absolute Gasteiger partial charge is 0.249 e. The third kappa shape index (κ3) is 4.00. The third-order valence-corrected chi connectivity index (χ3v) is 3.87. The fourth-order valence-corrected chi connectivity index (χ4v) is 2.45. The van der Waals surface area contributed by atoms with E-state index in [0.717, 1.165) is 16.9 Å². The SMILES string of the molecule is COc1ccc(Nc2nncc(Nc3cc(C)ccc3C)n2)c(OC)c1. The Morgan fingerprint density at radius 3 is 2.50 bits per heavy atom. The molecular weight excluding hydrogens is 330 g/mol. The first-order valence-corrected chi connectivity index (χ1v) is 8.12. The Kier molecular flexibility index (Phi) is 5.17. The van der Waals surface area contributed by atoms with Gasteiger partial charge in [0.2, 0.25) is 5.95 Å². The first kappa shape index (κ1) is 17.5. The summed E-state index contributed by atoms with van der Waals surface area (Å²) in [6.07, 6.45) is 1.58. The molecule has 26 heavy (non-hydrogen) atoms. The quantitative estimate of drug-likeness (QED) is 0.695. The highest BCUT2D eigenvalue weighted by Gasteiger charge is 2.08. The summed E-state index contributed by atoms with van der Waals surface area (Å²) in [6, 6.07) is 11.7. The number of ether oxygens (including phenoxy) is 2. The van der Waals surface area contributed by atoms with Crippen molar-refractivity contribution in [3.8, 4) is 11.5 Å². The average molecular weight is 351 g/mol. The van der Waals surface area contributed by atoms with Crippen molar-refractivity contribution in [3.63, 3.8) is 0 Å². The lowest BCUT2D eigenvalue weighted by Gasteiger charge is -2.12. The molecule has 7 heteroatoms. The minimum absolute atomic E-state index is 0.365. The average Bonchev–Trinajstić information content (AvgIpc) is 2.65. The highest BCUT2D eigenvalue weighted by molar-refractivity contribution is 5.66. The van der Waals surface area contributed by atoms with E-state index in [-0.39, 0.29) is 0 Å². The second kappa shape index (κ2) is 7.69. The van der Waals surface area contributed by atoms with Gasteiger partial charge in [-0.15, -0.1) is 5.10 Å². The predicted molar refractivity (Wildman–Crippen MR) is 102 cm³/mol. The molecule has 2 aromatic carbocycles. The number of methoxy groups -OCH3 is 2. The number of aryl methyl sites for hydroxylation is 2. The van der Waals surface area contributed by atoms with Gasteiger partial charge in [0.1, 0.15) is 11.5 Å². The van der Waals surface area contributed by atoms with Crippen molar-refractivity contribution < 1.29 is 9.47 Å². The van der Waals surface area contributed by atoms with Crippen molar-refractivity contribution in [2.45, 2.75) is 13.8 Å². The number of nitrogens with zero attached hydrogens (tertiary/aromatic N) is 3. The van der Waals surface area contributed by atoms with Crippen LogP contribution in [0.4, 0.5) is 23.1 Å². The van der Waals surface area contributed by atoms with E-state index in [1.807, 2.05) is 26.0 Å². The summed E-state index contributed by atoms with van der Waals surface area (Å²) >= 11 is 0. The van der Waals surface area contributed by atoms with Crippen LogP contribution < -0.4 is 20.1 Å². The van der Waals surface area contributed by atoms with Crippen molar-refractivity contribution in [1.82, 2.24) is 15.2 Å². The standard InChI is InChI=1S/C19H21N5O2/c1-12-5-6-13(2)16(9-12)21-18-11-20-24-19(23-18)22-15-8-7-14(25-3)10-17(15)26-4/h5-11H,1-4H3,(H2,21,22,23,24). The van der Waals surface area contributed by atoms with Crippen molar-refractivity contribution >= 4 is 23.1 Å². The van der Waals surface area contributed by atoms with Gasteiger partial charge in [0.05, 0.1) is 26.1 Å². The molecule has 0 aliphatic heterocycles. The van der Waals surface area contributed by atoms with Crippen molar-refractivity contribution in [2.75, 3.05) is 24.9 Å². The monoisotopic (exact) mass is 351 g/mol. The number of nitrogens with one attached hydrogen (secondary N) is 2. The molecule has 3 aromatic rings. The fraction of sp³-hybridized carbons (Fsp3) is 0.211. The van der Waals surface area contributed by atoms with Crippen LogP contribution >= 0.6 is 0 Å². The Balaban J connectivity index is 1.83. The largest absolute Gasteiger partial charge is 0.497 e. The zero-order chi connectivity index (χ0) is 18.5. The molecule has 0 bridgehead atoms. The summed E-state index contributed by atoms with van der Waals surface area (Å²) in [5, 5.41) is 14.5. The van der Waals surface area contributed by atoms with E-state index < -0.39 is 0 Å². The summed E-state index contributed by atoms with van der Waals surface area (Å²) in [5.41, 5.74) is 4.00. The van der Waals surface area contributed by atoms with E-state index in [2.05, 4.69) is 44.0 Å². The molecule has 0 radical (unpaired) electrons. The highest BCUT2D eigenvalue weighted by atomic mass is 16.5. The lowest BCUT2D eigenvalue weighted by atomic mass is 10.1. The Hall–Kier alpha value is -3.35. The zero-order valence-electron chi connectivity index (χ0n) is 15.2. The Morgan fingerprint density at radius 2 is 1.73 bits per heavy atom. The zero-order valence-corrected chi connectivity index (χ0v) is 15.2. The normalized spacial score (nSPS) is 10.3. The number of anilines is 4. The topological polar surface area (TPSA) is 81.2 Å². The van der Waals surface area contributed by atoms with Crippen molar-refractivity contribution in [2.24, 2.45) is 0 Å². The molecule has 0 aliphatic rings. The lowest BCUT2D eigenvalue weighted by Crippen LogP contribution is -2.04. The number of rotatable bonds is 6. The first-order chi connectivity index (χ1) is 12.6. The van der Waals surface area contributed by atoms with Gasteiger partial charge in [0.25, 0.3) is 0 Å². The maximum absolute atomic E-state index is 5.38. The molecule has 1 aromatic heterocycles. The second-order valence-electron chi connectivity index (χ2n) is 5.80. The molecule has 0 amide bonds. The maximum atomic E-state index is 5.38. The summed E-state index contributed by atoms with van der Waals surface area (Å²) < 4.78 is 10.6. The first-order valence-electron chi connectivity index (χ1n) is 8.12. The van der Waals surface area contributed by atoms with Crippen LogP contribution in [0.25, 0.3) is 0 Å². The van der Waals surface area contributed by atoms with Crippen molar-refractivity contribution in [3.05, 3.63) is 53.7 Å². The summed E-state index contributed by atoms with van der Waals surface area (Å²) in [7, 11) is 3.20. The minimum Gasteiger partial charge on any atom is -0.497 e. The molecule has 2 N–H and O–H groups in total. The van der Waals surface area contributed by atoms with Gasteiger partial charge in [0, 0.05) is 11.8 Å². The molecule has 0 fully saturated rings. The predicted octanol–water partition coefficient (Wildman–Crippen LogP) is 3.99. The van der Waals surface area contributed by atoms with Crippen LogP contribution in [0.1, 0.15) is 11.1 Å². The van der Waals surface area contributed by atoms with Gasteiger partial charge >= 0.3 is 0 Å². The van der Waals surface area contributed by atoms with Crippen LogP contribution in [-0.2, 0) is 0 Å². The Bertz CT molecular complexity index is 914. The van der Waals surface area contributed by atoms with Gasteiger partial charge < -0.3 is 20.1 Å². The fourth-order valence-electron chi connectivity index (χ4n) is 2.45. The van der Waals surface area contributed by atoms with Crippen LogP contribution in [0.5, 0.6) is 11.5 Å². The Morgan fingerprint density at radius 1 is 0.885 bits per heavy atom. The number of aromatic nitrogens is 3. The molecule has 0 saturated heterocycles. The third-order valence-electron chi connectivity index (χ3n) is 3.87. The van der Waals surface area contributed by atoms with Gasteiger partial charge in [-0.05, 0) is 43.2 Å². The van der Waals surface area contributed by atoms with E-state index in [1.54, 1.807) is 26.5 Å². The minimum atomic E-state index is 0.365. The van der Waals surface area contributed by atoms with Crippen LogP contribution in [0.15, 0.2) is 42.6 Å². The van der Waals surface area contributed by atoms with E-state index in [4.69, 9.17) is 9.47 Å². The molecule has 1 heterocycles. The van der Waals surface area contributed by atoms with Gasteiger partial charge in [0.15, 0.2) is 5.82 Å². The number of benzene rings is 2. The molecular formula is C19H21N5O2.